The number of ether oxygens (including phenoxy) is 1. The summed E-state index contributed by atoms with van der Waals surface area (Å²) in [7, 11) is 1.57. The maximum absolute atomic E-state index is 13.2. The summed E-state index contributed by atoms with van der Waals surface area (Å²) in [5.74, 6) is -0.202. The smallest absolute Gasteiger partial charge is 0.128 e. The highest BCUT2D eigenvalue weighted by Crippen LogP contribution is 2.11. The summed E-state index contributed by atoms with van der Waals surface area (Å²) >= 11 is 0. The van der Waals surface area contributed by atoms with Gasteiger partial charge in [-0.1, -0.05) is 13.0 Å². The van der Waals surface area contributed by atoms with Crippen molar-refractivity contribution in [1.29, 1.82) is 0 Å². The minimum atomic E-state index is -0.202. The highest BCUT2D eigenvalue weighted by molar-refractivity contribution is 5.24. The lowest BCUT2D eigenvalue weighted by molar-refractivity contribution is 0.181. The zero-order valence-corrected chi connectivity index (χ0v) is 8.64. The van der Waals surface area contributed by atoms with Crippen LogP contribution in [0.4, 0.5) is 4.39 Å². The van der Waals surface area contributed by atoms with Gasteiger partial charge in [0, 0.05) is 19.2 Å². The Morgan fingerprint density at radius 2 is 2.21 bits per heavy atom. The van der Waals surface area contributed by atoms with Crippen molar-refractivity contribution in [3.63, 3.8) is 0 Å². The molecule has 78 valence electrons. The van der Waals surface area contributed by atoms with Gasteiger partial charge in [-0.3, -0.25) is 0 Å². The summed E-state index contributed by atoms with van der Waals surface area (Å²) < 4.78 is 18.1. The Hall–Kier alpha value is -0.930. The molecule has 0 aliphatic rings. The van der Waals surface area contributed by atoms with E-state index in [1.54, 1.807) is 13.2 Å². The number of methoxy groups -OCH3 is 1. The lowest BCUT2D eigenvalue weighted by atomic mass is 10.1. The standard InChI is InChI=1S/C11H16FNO/c1-3-13-7-9-4-5-11(12)10(6-9)8-14-2/h4-6,13H,3,7-8H2,1-2H3. The Labute approximate surface area is 84.1 Å². The van der Waals surface area contributed by atoms with Gasteiger partial charge in [0.25, 0.3) is 0 Å². The van der Waals surface area contributed by atoms with Crippen molar-refractivity contribution in [3.8, 4) is 0 Å². The topological polar surface area (TPSA) is 21.3 Å². The third-order valence-corrected chi connectivity index (χ3v) is 1.99. The zero-order chi connectivity index (χ0) is 10.4. The van der Waals surface area contributed by atoms with E-state index >= 15 is 0 Å². The van der Waals surface area contributed by atoms with Crippen LogP contribution in [-0.2, 0) is 17.9 Å². The fourth-order valence-corrected chi connectivity index (χ4v) is 1.27. The first kappa shape index (κ1) is 11.1. The summed E-state index contributed by atoms with van der Waals surface area (Å²) in [4.78, 5) is 0. The van der Waals surface area contributed by atoms with Crippen LogP contribution < -0.4 is 5.32 Å². The molecule has 1 N–H and O–H groups in total. The molecule has 0 radical (unpaired) electrons. The second-order valence-electron chi connectivity index (χ2n) is 3.14. The van der Waals surface area contributed by atoms with Crippen LogP contribution >= 0.6 is 0 Å². The van der Waals surface area contributed by atoms with Crippen LogP contribution in [0.5, 0.6) is 0 Å². The fraction of sp³-hybridized carbons (Fsp3) is 0.455. The molecular formula is C11H16FNO. The number of hydrogen-bond acceptors (Lipinski definition) is 2. The van der Waals surface area contributed by atoms with Crippen LogP contribution in [0.2, 0.25) is 0 Å². The van der Waals surface area contributed by atoms with Crippen LogP contribution in [0.25, 0.3) is 0 Å². The first-order chi connectivity index (χ1) is 6.77. The van der Waals surface area contributed by atoms with E-state index in [9.17, 15) is 4.39 Å². The molecular weight excluding hydrogens is 181 g/mol. The van der Waals surface area contributed by atoms with Gasteiger partial charge in [-0.2, -0.15) is 0 Å². The first-order valence-electron chi connectivity index (χ1n) is 4.75. The minimum absolute atomic E-state index is 0.202. The maximum atomic E-state index is 13.2. The number of nitrogens with one attached hydrogen (secondary N) is 1. The largest absolute Gasteiger partial charge is 0.380 e. The zero-order valence-electron chi connectivity index (χ0n) is 8.64. The summed E-state index contributed by atoms with van der Waals surface area (Å²) in [6.07, 6.45) is 0. The van der Waals surface area contributed by atoms with Crippen molar-refractivity contribution >= 4 is 0 Å². The van der Waals surface area contributed by atoms with Gasteiger partial charge < -0.3 is 10.1 Å². The van der Waals surface area contributed by atoms with Crippen molar-refractivity contribution in [3.05, 3.63) is 35.1 Å². The van der Waals surface area contributed by atoms with Gasteiger partial charge in [-0.15, -0.1) is 0 Å². The van der Waals surface area contributed by atoms with E-state index in [0.717, 1.165) is 18.7 Å². The minimum Gasteiger partial charge on any atom is -0.380 e. The first-order valence-corrected chi connectivity index (χ1v) is 4.75. The van der Waals surface area contributed by atoms with E-state index in [2.05, 4.69) is 5.32 Å². The lowest BCUT2D eigenvalue weighted by Crippen LogP contribution is -2.12. The number of hydrogen-bond donors (Lipinski definition) is 1. The van der Waals surface area contributed by atoms with Crippen molar-refractivity contribution in [2.45, 2.75) is 20.1 Å². The highest BCUT2D eigenvalue weighted by atomic mass is 19.1. The summed E-state index contributed by atoms with van der Waals surface area (Å²) in [5, 5.41) is 3.19. The third kappa shape index (κ3) is 3.09. The molecule has 0 fully saturated rings. The van der Waals surface area contributed by atoms with E-state index in [1.165, 1.54) is 6.07 Å². The molecule has 0 aliphatic heterocycles. The van der Waals surface area contributed by atoms with Crippen LogP contribution in [0.15, 0.2) is 18.2 Å². The van der Waals surface area contributed by atoms with E-state index in [0.29, 0.717) is 12.2 Å². The van der Waals surface area contributed by atoms with Crippen LogP contribution in [0.3, 0.4) is 0 Å². The Morgan fingerprint density at radius 1 is 1.43 bits per heavy atom. The molecule has 14 heavy (non-hydrogen) atoms. The summed E-state index contributed by atoms with van der Waals surface area (Å²) in [6.45, 7) is 4.05. The van der Waals surface area contributed by atoms with Gasteiger partial charge in [0.05, 0.1) is 6.61 Å². The predicted molar refractivity (Wildman–Crippen MR) is 54.5 cm³/mol. The maximum Gasteiger partial charge on any atom is 0.128 e. The van der Waals surface area contributed by atoms with Crippen molar-refractivity contribution in [2.24, 2.45) is 0 Å². The van der Waals surface area contributed by atoms with Gasteiger partial charge in [-0.05, 0) is 24.2 Å². The molecule has 2 nitrogen and oxygen atoms in total. The van der Waals surface area contributed by atoms with Gasteiger partial charge in [0.1, 0.15) is 5.82 Å². The molecule has 0 unspecified atom stereocenters. The molecule has 0 aliphatic carbocycles. The number of halogens is 1. The Balaban J connectivity index is 2.72. The Morgan fingerprint density at radius 3 is 2.86 bits per heavy atom. The molecule has 0 bridgehead atoms. The Bertz CT molecular complexity index is 289. The van der Waals surface area contributed by atoms with Crippen LogP contribution in [-0.4, -0.2) is 13.7 Å². The molecule has 1 rings (SSSR count). The second kappa shape index (κ2) is 5.73. The average Bonchev–Trinajstić information content (AvgIpc) is 2.19. The molecule has 1 aromatic rings. The van der Waals surface area contributed by atoms with E-state index in [-0.39, 0.29) is 5.82 Å². The van der Waals surface area contributed by atoms with Gasteiger partial charge in [0.2, 0.25) is 0 Å². The molecule has 0 spiro atoms. The van der Waals surface area contributed by atoms with Gasteiger partial charge in [-0.25, -0.2) is 4.39 Å². The van der Waals surface area contributed by atoms with Crippen LogP contribution in [0.1, 0.15) is 18.1 Å². The van der Waals surface area contributed by atoms with Gasteiger partial charge >= 0.3 is 0 Å². The molecule has 0 saturated heterocycles. The molecule has 0 amide bonds. The number of benzene rings is 1. The van der Waals surface area contributed by atoms with Gasteiger partial charge in [0.15, 0.2) is 0 Å². The monoisotopic (exact) mass is 197 g/mol. The van der Waals surface area contributed by atoms with E-state index in [1.807, 2.05) is 13.0 Å². The molecule has 1 aromatic carbocycles. The third-order valence-electron chi connectivity index (χ3n) is 1.99. The molecule has 0 saturated carbocycles. The van der Waals surface area contributed by atoms with E-state index < -0.39 is 0 Å². The molecule has 3 heteroatoms. The van der Waals surface area contributed by atoms with Crippen molar-refractivity contribution < 1.29 is 9.13 Å². The lowest BCUT2D eigenvalue weighted by Gasteiger charge is -2.06. The van der Waals surface area contributed by atoms with Crippen LogP contribution in [0, 0.1) is 5.82 Å². The second-order valence-corrected chi connectivity index (χ2v) is 3.14. The molecule has 0 heterocycles. The Kier molecular flexibility index (Phi) is 4.56. The summed E-state index contributed by atoms with van der Waals surface area (Å²) in [6, 6.07) is 5.11. The summed E-state index contributed by atoms with van der Waals surface area (Å²) in [5.41, 5.74) is 1.70. The quantitative estimate of drug-likeness (QED) is 0.780. The van der Waals surface area contributed by atoms with Crippen molar-refractivity contribution in [1.82, 2.24) is 5.32 Å². The van der Waals surface area contributed by atoms with Crippen molar-refractivity contribution in [2.75, 3.05) is 13.7 Å². The van der Waals surface area contributed by atoms with E-state index in [4.69, 9.17) is 4.74 Å². The fourth-order valence-electron chi connectivity index (χ4n) is 1.27. The normalized spacial score (nSPS) is 10.5. The average molecular weight is 197 g/mol. The molecule has 0 aromatic heterocycles. The predicted octanol–water partition coefficient (Wildman–Crippen LogP) is 2.08. The highest BCUT2D eigenvalue weighted by Gasteiger charge is 2.02. The molecule has 0 atom stereocenters. The SMILES string of the molecule is CCNCc1ccc(F)c(COC)c1. The number of rotatable bonds is 5.